The lowest BCUT2D eigenvalue weighted by molar-refractivity contribution is -0.124. The lowest BCUT2D eigenvalue weighted by Gasteiger charge is -2.25. The Morgan fingerprint density at radius 2 is 1.56 bits per heavy atom. The Balaban J connectivity index is 1.84. The van der Waals surface area contributed by atoms with Crippen LogP contribution in [0.2, 0.25) is 6.04 Å². The minimum atomic E-state index is -2.67. The number of aryl methyl sites for hydroxylation is 1. The molecule has 2 aromatic heterocycles. The predicted molar refractivity (Wildman–Crippen MR) is 106 cm³/mol. The van der Waals surface area contributed by atoms with Crippen molar-refractivity contribution in [1.82, 2.24) is 14.5 Å². The topological polar surface area (TPSA) is 66.7 Å². The summed E-state index contributed by atoms with van der Waals surface area (Å²) in [5, 5.41) is 3.01. The van der Waals surface area contributed by atoms with Gasteiger partial charge in [0.2, 0.25) is 5.91 Å². The Hall–Kier alpha value is -1.87. The van der Waals surface area contributed by atoms with Gasteiger partial charge in [-0.15, -0.1) is 0 Å². The van der Waals surface area contributed by atoms with Gasteiger partial charge in [-0.1, -0.05) is 0 Å². The van der Waals surface area contributed by atoms with E-state index in [0.29, 0.717) is 12.6 Å². The quantitative estimate of drug-likeness (QED) is 0.420. The fourth-order valence-corrected chi connectivity index (χ4v) is 4.68. The summed E-state index contributed by atoms with van der Waals surface area (Å²) in [6.45, 7) is 1.43. The third kappa shape index (κ3) is 6.35. The average Bonchev–Trinajstić information content (AvgIpc) is 3.39. The van der Waals surface area contributed by atoms with E-state index in [0.717, 1.165) is 25.8 Å². The van der Waals surface area contributed by atoms with E-state index in [2.05, 4.69) is 22.3 Å². The monoisotopic (exact) mass is 393 g/mol. The van der Waals surface area contributed by atoms with Crippen LogP contribution in [0.25, 0.3) is 0 Å². The number of rotatable bonds is 13. The van der Waals surface area contributed by atoms with Crippen molar-refractivity contribution in [1.29, 1.82) is 0 Å². The summed E-state index contributed by atoms with van der Waals surface area (Å²) in [6, 6.07) is 8.26. The van der Waals surface area contributed by atoms with E-state index in [-0.39, 0.29) is 11.9 Å². The number of aromatic nitrogens is 2. The van der Waals surface area contributed by atoms with Crippen molar-refractivity contribution in [3.63, 3.8) is 0 Å². The van der Waals surface area contributed by atoms with E-state index in [9.17, 15) is 4.79 Å². The first-order valence-electron chi connectivity index (χ1n) is 9.30. The zero-order valence-electron chi connectivity index (χ0n) is 16.5. The predicted octanol–water partition coefficient (Wildman–Crippen LogP) is 2.70. The minimum absolute atomic E-state index is 0.0124. The van der Waals surface area contributed by atoms with Gasteiger partial charge in [0.05, 0.1) is 0 Å². The zero-order chi connectivity index (χ0) is 19.5. The maximum absolute atomic E-state index is 12.8. The number of unbranched alkanes of at least 4 members (excludes halogenated alkanes) is 1. The van der Waals surface area contributed by atoms with Gasteiger partial charge in [-0.05, 0) is 43.5 Å². The van der Waals surface area contributed by atoms with E-state index in [1.54, 1.807) is 21.3 Å². The van der Waals surface area contributed by atoms with Crippen LogP contribution in [-0.4, -0.2) is 51.7 Å². The Labute approximate surface area is 162 Å². The highest BCUT2D eigenvalue weighted by Gasteiger charge is 2.37. The normalized spacial score (nSPS) is 12.9. The number of carbonyl (C=O) groups is 1. The van der Waals surface area contributed by atoms with Gasteiger partial charge in [0, 0.05) is 65.3 Å². The molecule has 0 aliphatic carbocycles. The summed E-state index contributed by atoms with van der Waals surface area (Å²) < 4.78 is 20.3. The summed E-state index contributed by atoms with van der Waals surface area (Å²) in [7, 11) is 2.06. The molecular weight excluding hydrogens is 362 g/mol. The van der Waals surface area contributed by atoms with Gasteiger partial charge < -0.3 is 27.7 Å². The van der Waals surface area contributed by atoms with Gasteiger partial charge in [-0.3, -0.25) is 4.79 Å². The zero-order valence-corrected chi connectivity index (χ0v) is 17.5. The fraction of sp³-hybridized carbons (Fsp3) is 0.526. The van der Waals surface area contributed by atoms with E-state index < -0.39 is 8.80 Å². The molecule has 1 amide bonds. The highest BCUT2D eigenvalue weighted by Crippen LogP contribution is 2.17. The molecule has 0 aliphatic rings. The van der Waals surface area contributed by atoms with Crippen LogP contribution in [-0.2, 0) is 24.6 Å². The van der Waals surface area contributed by atoms with Crippen LogP contribution in [0.1, 0.15) is 25.3 Å². The molecule has 0 unspecified atom stereocenters. The number of hydrogen-bond donors (Lipinski definition) is 1. The molecule has 1 atom stereocenters. The van der Waals surface area contributed by atoms with Gasteiger partial charge in [-0.25, -0.2) is 0 Å². The maximum atomic E-state index is 12.8. The number of carbonyl (C=O) groups excluding carboxylic acids is 1. The van der Waals surface area contributed by atoms with Crippen molar-refractivity contribution in [2.45, 2.75) is 37.9 Å². The van der Waals surface area contributed by atoms with Crippen LogP contribution < -0.4 is 5.32 Å². The molecule has 1 N–H and O–H groups in total. The summed E-state index contributed by atoms with van der Waals surface area (Å²) in [5.41, 5.74) is 0. The molecule has 0 aliphatic heterocycles. The van der Waals surface area contributed by atoms with Crippen LogP contribution >= 0.6 is 0 Å². The standard InChI is InChI=1S/C19H31N3O4Si/c1-24-27(25-2,26-3)17-11-20-19(23)18(22-15-8-9-16-22)10-4-5-12-21-13-6-7-14-21/h6-9,13-16,18H,4-5,10-12,17H2,1-3H3,(H,20,23)/t18-/m0/s1. The Morgan fingerprint density at radius 3 is 2.15 bits per heavy atom. The van der Waals surface area contributed by atoms with Gasteiger partial charge in [0.25, 0.3) is 0 Å². The largest absolute Gasteiger partial charge is 0.501 e. The first-order chi connectivity index (χ1) is 13.1. The molecule has 2 heterocycles. The second-order valence-electron chi connectivity index (χ2n) is 6.40. The average molecular weight is 394 g/mol. The van der Waals surface area contributed by atoms with Crippen LogP contribution in [0.5, 0.6) is 0 Å². The van der Waals surface area contributed by atoms with E-state index in [4.69, 9.17) is 13.3 Å². The molecule has 0 spiro atoms. The second-order valence-corrected chi connectivity index (χ2v) is 9.49. The first kappa shape index (κ1) is 21.4. The highest BCUT2D eigenvalue weighted by molar-refractivity contribution is 6.60. The van der Waals surface area contributed by atoms with Crippen molar-refractivity contribution in [2.24, 2.45) is 0 Å². The molecule has 27 heavy (non-hydrogen) atoms. The summed E-state index contributed by atoms with van der Waals surface area (Å²) >= 11 is 0. The molecule has 2 aromatic rings. The van der Waals surface area contributed by atoms with Crippen molar-refractivity contribution < 1.29 is 18.1 Å². The summed E-state index contributed by atoms with van der Waals surface area (Å²) in [5.74, 6) is 0.0124. The highest BCUT2D eigenvalue weighted by atomic mass is 28.4. The van der Waals surface area contributed by atoms with Gasteiger partial charge in [0.15, 0.2) is 0 Å². The maximum Gasteiger partial charge on any atom is 0.501 e. The lowest BCUT2D eigenvalue weighted by atomic mass is 10.1. The van der Waals surface area contributed by atoms with Crippen LogP contribution in [0.15, 0.2) is 49.1 Å². The molecule has 150 valence electrons. The summed E-state index contributed by atoms with van der Waals surface area (Å²) in [6.07, 6.45) is 10.8. The Bertz CT molecular complexity index is 634. The molecule has 0 fully saturated rings. The molecule has 0 radical (unpaired) electrons. The molecule has 2 rings (SSSR count). The van der Waals surface area contributed by atoms with E-state index >= 15 is 0 Å². The van der Waals surface area contributed by atoms with Crippen molar-refractivity contribution in [3.05, 3.63) is 49.1 Å². The third-order valence-corrected chi connectivity index (χ3v) is 7.49. The lowest BCUT2D eigenvalue weighted by Crippen LogP contribution is -2.46. The number of amides is 1. The molecule has 7 nitrogen and oxygen atoms in total. The number of hydrogen-bond acceptors (Lipinski definition) is 4. The molecule has 0 bridgehead atoms. The Morgan fingerprint density at radius 1 is 0.963 bits per heavy atom. The van der Waals surface area contributed by atoms with Crippen molar-refractivity contribution >= 4 is 14.7 Å². The number of nitrogens with zero attached hydrogens (tertiary/aromatic N) is 2. The van der Waals surface area contributed by atoms with E-state index in [1.807, 2.05) is 41.2 Å². The SMILES string of the molecule is CO[Si](CCNC(=O)[C@H](CCCCn1cccc1)n1cccc1)(OC)OC. The Kier molecular flexibility index (Phi) is 8.79. The van der Waals surface area contributed by atoms with Crippen LogP contribution in [0.3, 0.4) is 0 Å². The van der Waals surface area contributed by atoms with Gasteiger partial charge in [0.1, 0.15) is 6.04 Å². The van der Waals surface area contributed by atoms with E-state index in [1.165, 1.54) is 0 Å². The fourth-order valence-electron chi connectivity index (χ4n) is 3.14. The minimum Gasteiger partial charge on any atom is -0.377 e. The van der Waals surface area contributed by atoms with Crippen LogP contribution in [0.4, 0.5) is 0 Å². The molecule has 0 saturated heterocycles. The second kappa shape index (κ2) is 11.1. The smallest absolute Gasteiger partial charge is 0.377 e. The van der Waals surface area contributed by atoms with Gasteiger partial charge >= 0.3 is 8.80 Å². The number of nitrogens with one attached hydrogen (secondary N) is 1. The molecular formula is C19H31N3O4Si. The molecule has 0 aromatic carbocycles. The van der Waals surface area contributed by atoms with Gasteiger partial charge in [-0.2, -0.15) is 0 Å². The molecule has 8 heteroatoms. The van der Waals surface area contributed by atoms with Crippen molar-refractivity contribution in [2.75, 3.05) is 27.9 Å². The molecule has 0 saturated carbocycles. The van der Waals surface area contributed by atoms with Crippen molar-refractivity contribution in [3.8, 4) is 0 Å². The first-order valence-corrected chi connectivity index (χ1v) is 11.2. The van der Waals surface area contributed by atoms with Crippen LogP contribution in [0, 0.1) is 0 Å². The summed E-state index contributed by atoms with van der Waals surface area (Å²) in [4.78, 5) is 12.8. The third-order valence-electron chi connectivity index (χ3n) is 4.76.